The van der Waals surface area contributed by atoms with Gasteiger partial charge in [-0.05, 0) is 60.9 Å². The van der Waals surface area contributed by atoms with Gasteiger partial charge < -0.3 is 5.32 Å². The summed E-state index contributed by atoms with van der Waals surface area (Å²) >= 11 is 3.37. The number of rotatable bonds is 6. The quantitative estimate of drug-likeness (QED) is 0.831. The van der Waals surface area contributed by atoms with Gasteiger partial charge in [-0.2, -0.15) is 0 Å². The van der Waals surface area contributed by atoms with Crippen LogP contribution in [0.15, 0.2) is 22.7 Å². The smallest absolute Gasteiger partial charge is 0.124 e. The minimum atomic E-state index is -0.152. The van der Waals surface area contributed by atoms with Gasteiger partial charge in [-0.15, -0.1) is 0 Å². The van der Waals surface area contributed by atoms with Crippen LogP contribution in [0, 0.1) is 17.2 Å². The van der Waals surface area contributed by atoms with Crippen molar-refractivity contribution in [2.24, 2.45) is 11.3 Å². The lowest BCUT2D eigenvalue weighted by Gasteiger charge is -2.30. The molecule has 1 unspecified atom stereocenters. The zero-order valence-electron chi connectivity index (χ0n) is 11.1. The van der Waals surface area contributed by atoms with Crippen LogP contribution in [-0.4, -0.2) is 13.1 Å². The predicted octanol–water partition coefficient (Wildman–Crippen LogP) is 4.16. The van der Waals surface area contributed by atoms with Crippen molar-refractivity contribution in [2.75, 3.05) is 13.1 Å². The third kappa shape index (κ3) is 3.55. The van der Waals surface area contributed by atoms with Crippen molar-refractivity contribution in [3.63, 3.8) is 0 Å². The molecule has 1 nitrogen and oxygen atoms in total. The molecule has 0 spiro atoms. The summed E-state index contributed by atoms with van der Waals surface area (Å²) in [7, 11) is 0. The lowest BCUT2D eigenvalue weighted by Crippen LogP contribution is -2.35. The minimum Gasteiger partial charge on any atom is -0.316 e. The molecule has 1 N–H and O–H groups in total. The SMILES string of the molecule is CCNCC(C)(Cc1cc(F)cc(Br)c1)C1CC1. The Balaban J connectivity index is 2.12. The normalized spacial score (nSPS) is 18.7. The zero-order chi connectivity index (χ0) is 13.2. The van der Waals surface area contributed by atoms with Crippen molar-refractivity contribution >= 4 is 15.9 Å². The summed E-state index contributed by atoms with van der Waals surface area (Å²) in [5.41, 5.74) is 1.35. The van der Waals surface area contributed by atoms with Crippen molar-refractivity contribution in [3.8, 4) is 0 Å². The molecule has 0 aromatic heterocycles. The number of hydrogen-bond acceptors (Lipinski definition) is 1. The van der Waals surface area contributed by atoms with Gasteiger partial charge in [0.15, 0.2) is 0 Å². The molecule has 0 saturated heterocycles. The molecule has 0 bridgehead atoms. The highest BCUT2D eigenvalue weighted by atomic mass is 79.9. The van der Waals surface area contributed by atoms with Crippen LogP contribution in [-0.2, 0) is 6.42 Å². The Morgan fingerprint density at radius 3 is 2.67 bits per heavy atom. The lowest BCUT2D eigenvalue weighted by atomic mass is 9.79. The molecule has 18 heavy (non-hydrogen) atoms. The van der Waals surface area contributed by atoms with Crippen LogP contribution in [0.2, 0.25) is 0 Å². The van der Waals surface area contributed by atoms with Gasteiger partial charge in [0.05, 0.1) is 0 Å². The predicted molar refractivity (Wildman–Crippen MR) is 77.2 cm³/mol. The average Bonchev–Trinajstić information content (AvgIpc) is 3.08. The first-order chi connectivity index (χ1) is 8.53. The topological polar surface area (TPSA) is 12.0 Å². The molecule has 3 heteroatoms. The van der Waals surface area contributed by atoms with Crippen molar-refractivity contribution in [3.05, 3.63) is 34.1 Å². The van der Waals surface area contributed by atoms with Crippen LogP contribution in [0.25, 0.3) is 0 Å². The Kier molecular flexibility index (Phi) is 4.44. The van der Waals surface area contributed by atoms with E-state index in [0.29, 0.717) is 0 Å². The minimum absolute atomic E-state index is 0.152. The van der Waals surface area contributed by atoms with Crippen molar-refractivity contribution in [1.82, 2.24) is 5.32 Å². The molecule has 2 rings (SSSR count). The Bertz CT molecular complexity index is 397. The molecule has 0 radical (unpaired) electrons. The van der Waals surface area contributed by atoms with E-state index in [4.69, 9.17) is 0 Å². The van der Waals surface area contributed by atoms with E-state index in [1.165, 1.54) is 18.9 Å². The van der Waals surface area contributed by atoms with Gasteiger partial charge in [0, 0.05) is 11.0 Å². The summed E-state index contributed by atoms with van der Waals surface area (Å²) in [5, 5.41) is 3.45. The first kappa shape index (κ1) is 14.0. The molecule has 1 aromatic rings. The van der Waals surface area contributed by atoms with Gasteiger partial charge in [-0.3, -0.25) is 0 Å². The van der Waals surface area contributed by atoms with Crippen molar-refractivity contribution in [2.45, 2.75) is 33.1 Å². The summed E-state index contributed by atoms with van der Waals surface area (Å²) in [4.78, 5) is 0. The molecule has 1 fully saturated rings. The van der Waals surface area contributed by atoms with Crippen LogP contribution in [0.5, 0.6) is 0 Å². The second-order valence-corrected chi connectivity index (χ2v) is 6.58. The Morgan fingerprint density at radius 1 is 1.39 bits per heavy atom. The lowest BCUT2D eigenvalue weighted by molar-refractivity contribution is 0.257. The van der Waals surface area contributed by atoms with Crippen LogP contribution < -0.4 is 5.32 Å². The van der Waals surface area contributed by atoms with Gasteiger partial charge in [0.2, 0.25) is 0 Å². The average molecular weight is 314 g/mol. The first-order valence-electron chi connectivity index (χ1n) is 6.69. The summed E-state index contributed by atoms with van der Waals surface area (Å²) in [5.74, 6) is 0.638. The number of nitrogens with one attached hydrogen (secondary N) is 1. The molecule has 0 aliphatic heterocycles. The van der Waals surface area contributed by atoms with Crippen LogP contribution in [0.1, 0.15) is 32.3 Å². The third-order valence-corrected chi connectivity index (χ3v) is 4.33. The van der Waals surface area contributed by atoms with Crippen LogP contribution >= 0.6 is 15.9 Å². The Morgan fingerprint density at radius 2 is 2.11 bits per heavy atom. The van der Waals surface area contributed by atoms with Crippen molar-refractivity contribution < 1.29 is 4.39 Å². The molecule has 1 atom stereocenters. The molecular formula is C15H21BrFN. The van der Waals surface area contributed by atoms with E-state index >= 15 is 0 Å². The molecule has 0 amide bonds. The van der Waals surface area contributed by atoms with E-state index in [9.17, 15) is 4.39 Å². The number of halogens is 2. The summed E-state index contributed by atoms with van der Waals surface area (Å²) in [6.45, 7) is 6.47. The largest absolute Gasteiger partial charge is 0.316 e. The maximum atomic E-state index is 13.4. The number of benzene rings is 1. The molecule has 1 saturated carbocycles. The highest BCUT2D eigenvalue weighted by molar-refractivity contribution is 9.10. The van der Waals surface area contributed by atoms with Crippen LogP contribution in [0.4, 0.5) is 4.39 Å². The maximum absolute atomic E-state index is 13.4. The molecule has 100 valence electrons. The van der Waals surface area contributed by atoms with Gasteiger partial charge in [0.1, 0.15) is 5.82 Å². The Hall–Kier alpha value is -0.410. The second kappa shape index (κ2) is 5.70. The van der Waals surface area contributed by atoms with Crippen LogP contribution in [0.3, 0.4) is 0 Å². The molecule has 1 aliphatic carbocycles. The second-order valence-electron chi connectivity index (χ2n) is 5.66. The zero-order valence-corrected chi connectivity index (χ0v) is 12.7. The summed E-state index contributed by atoms with van der Waals surface area (Å²) in [6.07, 6.45) is 3.58. The fourth-order valence-electron chi connectivity index (χ4n) is 2.72. The third-order valence-electron chi connectivity index (χ3n) is 3.87. The van der Waals surface area contributed by atoms with Gasteiger partial charge in [-0.1, -0.05) is 29.8 Å². The molecule has 1 aromatic carbocycles. The monoisotopic (exact) mass is 313 g/mol. The standard InChI is InChI=1S/C15H21BrFN/c1-3-18-10-15(2,12-4-5-12)9-11-6-13(16)8-14(17)7-11/h6-8,12,18H,3-5,9-10H2,1-2H3. The number of hydrogen-bond donors (Lipinski definition) is 1. The van der Waals surface area contributed by atoms with Gasteiger partial charge >= 0.3 is 0 Å². The first-order valence-corrected chi connectivity index (χ1v) is 7.48. The van der Waals surface area contributed by atoms with E-state index in [-0.39, 0.29) is 11.2 Å². The van der Waals surface area contributed by atoms with Gasteiger partial charge in [-0.25, -0.2) is 4.39 Å². The fourth-order valence-corrected chi connectivity index (χ4v) is 3.23. The molecule has 1 aliphatic rings. The van der Waals surface area contributed by atoms with E-state index in [0.717, 1.165) is 35.5 Å². The van der Waals surface area contributed by atoms with E-state index in [1.54, 1.807) is 6.07 Å². The van der Waals surface area contributed by atoms with Crippen molar-refractivity contribution in [1.29, 1.82) is 0 Å². The van der Waals surface area contributed by atoms with Gasteiger partial charge in [0.25, 0.3) is 0 Å². The fraction of sp³-hybridized carbons (Fsp3) is 0.600. The summed E-state index contributed by atoms with van der Waals surface area (Å²) < 4.78 is 14.3. The molecule has 0 heterocycles. The highest BCUT2D eigenvalue weighted by Gasteiger charge is 2.40. The van der Waals surface area contributed by atoms with E-state index in [1.807, 2.05) is 6.07 Å². The summed E-state index contributed by atoms with van der Waals surface area (Å²) in [6, 6.07) is 5.22. The molecular weight excluding hydrogens is 293 g/mol. The highest BCUT2D eigenvalue weighted by Crippen LogP contribution is 2.47. The Labute approximate surface area is 117 Å². The van der Waals surface area contributed by atoms with E-state index in [2.05, 4.69) is 35.1 Å². The maximum Gasteiger partial charge on any atom is 0.124 e. The van der Waals surface area contributed by atoms with E-state index < -0.39 is 0 Å².